The lowest BCUT2D eigenvalue weighted by Gasteiger charge is -2.09. The van der Waals surface area contributed by atoms with Gasteiger partial charge in [0.2, 0.25) is 0 Å². The van der Waals surface area contributed by atoms with Gasteiger partial charge in [0.15, 0.2) is 0 Å². The zero-order chi connectivity index (χ0) is 17.0. The van der Waals surface area contributed by atoms with E-state index in [1.807, 2.05) is 38.1 Å². The summed E-state index contributed by atoms with van der Waals surface area (Å²) in [4.78, 5) is 10.8. The second kappa shape index (κ2) is 12.4. The van der Waals surface area contributed by atoms with Gasteiger partial charge in [0.25, 0.3) is 0 Å². The number of rotatable bonds is 4. The van der Waals surface area contributed by atoms with E-state index in [1.54, 1.807) is 21.0 Å². The molecule has 122 valence electrons. The molecule has 21 heavy (non-hydrogen) atoms. The van der Waals surface area contributed by atoms with E-state index in [4.69, 9.17) is 10.3 Å². The van der Waals surface area contributed by atoms with E-state index in [-0.39, 0.29) is 0 Å². The van der Waals surface area contributed by atoms with E-state index in [1.165, 1.54) is 5.56 Å². The van der Waals surface area contributed by atoms with E-state index < -0.39 is 11.9 Å². The molecule has 4 nitrogen and oxygen atoms in total. The first-order valence-corrected chi connectivity index (χ1v) is 7.41. The van der Waals surface area contributed by atoms with Crippen LogP contribution in [0.3, 0.4) is 0 Å². The van der Waals surface area contributed by atoms with Crippen molar-refractivity contribution in [3.05, 3.63) is 35.4 Å². The minimum Gasteiger partial charge on any atom is -0.481 e. The van der Waals surface area contributed by atoms with Gasteiger partial charge < -0.3 is 10.3 Å². The Hall–Kier alpha value is -1.39. The van der Waals surface area contributed by atoms with Gasteiger partial charge in [-0.25, -0.2) is 0 Å². The molecule has 1 unspecified atom stereocenters. The highest BCUT2D eigenvalue weighted by Gasteiger charge is 2.12. The van der Waals surface area contributed by atoms with Gasteiger partial charge in [0.05, 0.1) is 5.92 Å². The predicted molar refractivity (Wildman–Crippen MR) is 87.9 cm³/mol. The highest BCUT2D eigenvalue weighted by molar-refractivity contribution is 5.75. The van der Waals surface area contributed by atoms with Crippen LogP contribution in [0.5, 0.6) is 0 Å². The molecule has 0 spiro atoms. The first kappa shape index (κ1) is 21.9. The molecule has 0 saturated carbocycles. The highest BCUT2D eigenvalue weighted by Crippen LogP contribution is 2.17. The number of aliphatic carboxylic acids is 1. The van der Waals surface area contributed by atoms with Crippen molar-refractivity contribution in [3.8, 4) is 0 Å². The molecule has 4 heteroatoms. The average molecular weight is 297 g/mol. The lowest BCUT2D eigenvalue weighted by Crippen LogP contribution is -2.07. The second-order valence-corrected chi connectivity index (χ2v) is 5.25. The molecule has 1 aromatic carbocycles. The van der Waals surface area contributed by atoms with Crippen molar-refractivity contribution in [3.63, 3.8) is 0 Å². The van der Waals surface area contributed by atoms with Gasteiger partial charge in [0.1, 0.15) is 0 Å². The van der Waals surface area contributed by atoms with Crippen LogP contribution in [0.25, 0.3) is 0 Å². The van der Waals surface area contributed by atoms with Crippen LogP contribution in [-0.4, -0.2) is 35.4 Å². The van der Waals surface area contributed by atoms with E-state index in [2.05, 4.69) is 13.8 Å². The Morgan fingerprint density at radius 1 is 1.10 bits per heavy atom. The molecule has 1 rings (SSSR count). The highest BCUT2D eigenvalue weighted by atomic mass is 16.5. The number of nitrogens with zero attached hydrogens (tertiary/aromatic N) is 1. The van der Waals surface area contributed by atoms with Gasteiger partial charge >= 0.3 is 5.97 Å². The quantitative estimate of drug-likeness (QED) is 0.823. The van der Waals surface area contributed by atoms with Crippen LogP contribution in [-0.2, 0) is 11.2 Å². The molecule has 0 aliphatic heterocycles. The fraction of sp³-hybridized carbons (Fsp3) is 0.588. The zero-order valence-corrected chi connectivity index (χ0v) is 14.4. The lowest BCUT2D eigenvalue weighted by molar-refractivity contribution is -0.138. The SMILES string of the molecule is CC.CC(C)Cc1ccc(C(C)C(=O)O)cc1.CN(C)O. The number of hydrogen-bond donors (Lipinski definition) is 2. The summed E-state index contributed by atoms with van der Waals surface area (Å²) in [6.45, 7) is 10.1. The van der Waals surface area contributed by atoms with Crippen molar-refractivity contribution in [1.29, 1.82) is 0 Å². The first-order chi connectivity index (χ1) is 9.73. The number of carboxylic acids is 1. The van der Waals surface area contributed by atoms with E-state index in [0.717, 1.165) is 17.0 Å². The standard InChI is InChI=1S/C13H18O2.C2H7NO.C2H6/c1-9(2)8-11-4-6-12(7-5-11)10(3)13(14)15;1-3(2)4;1-2/h4-7,9-10H,8H2,1-3H3,(H,14,15);4H,1-2H3;1-2H3. The molecule has 0 aromatic heterocycles. The van der Waals surface area contributed by atoms with E-state index in [0.29, 0.717) is 5.92 Å². The van der Waals surface area contributed by atoms with Gasteiger partial charge in [-0.1, -0.05) is 52.0 Å². The molecule has 0 heterocycles. The Kier molecular flexibility index (Phi) is 12.9. The monoisotopic (exact) mass is 297 g/mol. The van der Waals surface area contributed by atoms with Crippen molar-refractivity contribution >= 4 is 5.97 Å². The number of carboxylic acid groups (broad SMARTS) is 1. The molecule has 0 fully saturated rings. The van der Waals surface area contributed by atoms with Crippen molar-refractivity contribution in [1.82, 2.24) is 5.06 Å². The summed E-state index contributed by atoms with van der Waals surface area (Å²) in [6, 6.07) is 7.87. The van der Waals surface area contributed by atoms with Crippen LogP contribution in [0.1, 0.15) is 51.7 Å². The van der Waals surface area contributed by atoms with Crippen LogP contribution in [0, 0.1) is 5.92 Å². The Morgan fingerprint density at radius 3 is 1.76 bits per heavy atom. The van der Waals surface area contributed by atoms with Crippen LogP contribution in [0.15, 0.2) is 24.3 Å². The summed E-state index contributed by atoms with van der Waals surface area (Å²) in [5, 5.41) is 17.7. The summed E-state index contributed by atoms with van der Waals surface area (Å²) in [6.07, 6.45) is 1.04. The summed E-state index contributed by atoms with van der Waals surface area (Å²) >= 11 is 0. The fourth-order valence-corrected chi connectivity index (χ4v) is 1.56. The molecule has 2 N–H and O–H groups in total. The molecule has 0 saturated heterocycles. The third kappa shape index (κ3) is 12.1. The lowest BCUT2D eigenvalue weighted by atomic mass is 9.97. The maximum Gasteiger partial charge on any atom is 0.310 e. The minimum absolute atomic E-state index is 0.418. The van der Waals surface area contributed by atoms with Crippen LogP contribution >= 0.6 is 0 Å². The first-order valence-electron chi connectivity index (χ1n) is 7.41. The third-order valence-electron chi connectivity index (χ3n) is 2.49. The Bertz CT molecular complexity index is 369. The van der Waals surface area contributed by atoms with Crippen molar-refractivity contribution in [2.24, 2.45) is 5.92 Å². The number of carbonyl (C=O) groups is 1. The maximum absolute atomic E-state index is 10.8. The maximum atomic E-state index is 10.8. The molecule has 0 radical (unpaired) electrons. The number of hydrogen-bond acceptors (Lipinski definition) is 3. The van der Waals surface area contributed by atoms with Gasteiger partial charge in [-0.3, -0.25) is 4.79 Å². The van der Waals surface area contributed by atoms with Gasteiger partial charge in [-0.15, -0.1) is 0 Å². The second-order valence-electron chi connectivity index (χ2n) is 5.25. The van der Waals surface area contributed by atoms with Gasteiger partial charge in [-0.2, -0.15) is 5.06 Å². The van der Waals surface area contributed by atoms with Gasteiger partial charge in [0, 0.05) is 14.1 Å². The normalized spacial score (nSPS) is 11.1. The Balaban J connectivity index is 0. The Labute approximate surface area is 129 Å². The molecular weight excluding hydrogens is 266 g/mol. The molecule has 0 aliphatic carbocycles. The third-order valence-corrected chi connectivity index (χ3v) is 2.49. The van der Waals surface area contributed by atoms with Crippen molar-refractivity contribution < 1.29 is 15.1 Å². The fourth-order valence-electron chi connectivity index (χ4n) is 1.56. The Morgan fingerprint density at radius 2 is 1.48 bits per heavy atom. The van der Waals surface area contributed by atoms with E-state index >= 15 is 0 Å². The zero-order valence-electron chi connectivity index (χ0n) is 14.4. The van der Waals surface area contributed by atoms with Crippen LogP contribution < -0.4 is 0 Å². The molecular formula is C17H31NO3. The summed E-state index contributed by atoms with van der Waals surface area (Å²) in [7, 11) is 3.11. The largest absolute Gasteiger partial charge is 0.481 e. The molecule has 0 aliphatic rings. The molecule has 0 bridgehead atoms. The van der Waals surface area contributed by atoms with Crippen LogP contribution in [0.4, 0.5) is 0 Å². The van der Waals surface area contributed by atoms with Crippen molar-refractivity contribution in [2.45, 2.75) is 47.0 Å². The number of benzene rings is 1. The smallest absolute Gasteiger partial charge is 0.310 e. The topological polar surface area (TPSA) is 60.8 Å². The molecule has 0 amide bonds. The predicted octanol–water partition coefficient (Wildman–Crippen LogP) is 4.04. The molecule has 1 atom stereocenters. The summed E-state index contributed by atoms with van der Waals surface area (Å²) in [5.74, 6) is -0.558. The summed E-state index contributed by atoms with van der Waals surface area (Å²) in [5.41, 5.74) is 2.14. The minimum atomic E-state index is -0.772. The van der Waals surface area contributed by atoms with Crippen molar-refractivity contribution in [2.75, 3.05) is 14.1 Å². The molecule has 1 aromatic rings. The van der Waals surface area contributed by atoms with Gasteiger partial charge in [-0.05, 0) is 30.4 Å². The number of hydroxylamine groups is 2. The summed E-state index contributed by atoms with van der Waals surface area (Å²) < 4.78 is 0. The van der Waals surface area contributed by atoms with E-state index in [9.17, 15) is 4.79 Å². The van der Waals surface area contributed by atoms with Crippen LogP contribution in [0.2, 0.25) is 0 Å². The average Bonchev–Trinajstić information content (AvgIpc) is 2.39.